The number of hydrogen-bond acceptors (Lipinski definition) is 2. The second-order valence-corrected chi connectivity index (χ2v) is 2.76. The Hall–Kier alpha value is -1.29. The number of carbonyl (C=O) groups excluding carboxylic acids is 1. The number of benzene rings is 1. The van der Waals surface area contributed by atoms with Crippen molar-refractivity contribution in [1.82, 2.24) is 0 Å². The molecule has 0 saturated heterocycles. The van der Waals surface area contributed by atoms with E-state index in [0.717, 1.165) is 0 Å². The zero-order chi connectivity index (χ0) is 9.84. The summed E-state index contributed by atoms with van der Waals surface area (Å²) >= 11 is 5.51. The molecule has 0 unspecified atom stereocenters. The molecule has 70 valence electrons. The van der Waals surface area contributed by atoms with Crippen LogP contribution in [0.1, 0.15) is 0 Å². The van der Waals surface area contributed by atoms with Crippen LogP contribution in [0.25, 0.3) is 0 Å². The summed E-state index contributed by atoms with van der Waals surface area (Å²) in [7, 11) is 0. The van der Waals surface area contributed by atoms with Gasteiger partial charge in [-0.3, -0.25) is 4.79 Å². The summed E-state index contributed by atoms with van der Waals surface area (Å²) in [5, 5.41) is 11.5. The molecule has 0 fully saturated rings. The summed E-state index contributed by atoms with van der Waals surface area (Å²) < 4.78 is 11.8. The minimum absolute atomic E-state index is 0.154. The highest BCUT2D eigenvalue weighted by Gasteiger charge is 2.03. The Morgan fingerprint density at radius 3 is 2.85 bits per heavy atom. The lowest BCUT2D eigenvalue weighted by atomic mass is 10.3. The van der Waals surface area contributed by atoms with Crippen molar-refractivity contribution in [3.63, 3.8) is 0 Å². The van der Waals surface area contributed by atoms with Gasteiger partial charge in [-0.15, -0.1) is 0 Å². The number of carbonyl (C=O) groups is 1. The fourth-order valence-corrected chi connectivity index (χ4v) is 0.902. The van der Waals surface area contributed by atoms with Crippen LogP contribution in [0.2, 0.25) is 5.02 Å². The first-order chi connectivity index (χ1) is 6.13. The van der Waals surface area contributed by atoms with Gasteiger partial charge in [0, 0.05) is 11.8 Å². The molecule has 0 heterocycles. The first-order valence-corrected chi connectivity index (χ1v) is 3.85. The molecule has 0 radical (unpaired) electrons. The van der Waals surface area contributed by atoms with E-state index in [4.69, 9.17) is 16.7 Å². The van der Waals surface area contributed by atoms with Crippen LogP contribution in [-0.4, -0.2) is 17.7 Å². The molecule has 0 saturated carbocycles. The Morgan fingerprint density at radius 1 is 1.62 bits per heavy atom. The highest BCUT2D eigenvalue weighted by atomic mass is 35.5. The lowest BCUT2D eigenvalue weighted by molar-refractivity contribution is -0.117. The van der Waals surface area contributed by atoms with Gasteiger partial charge in [0.05, 0.1) is 5.02 Å². The number of anilines is 1. The number of amides is 1. The summed E-state index contributed by atoms with van der Waals surface area (Å²) in [5.74, 6) is -0.917. The molecule has 5 heteroatoms. The molecular formula is C8H7ClFNO2. The van der Waals surface area contributed by atoms with Gasteiger partial charge < -0.3 is 10.4 Å². The summed E-state index contributed by atoms with van der Waals surface area (Å²) in [5.41, 5.74) is 0.310. The van der Waals surface area contributed by atoms with Crippen molar-refractivity contribution in [2.75, 3.05) is 12.0 Å². The highest BCUT2D eigenvalue weighted by Crippen LogP contribution is 2.25. The lowest BCUT2D eigenvalue weighted by Gasteiger charge is -2.03. The van der Waals surface area contributed by atoms with Gasteiger partial charge >= 0.3 is 0 Å². The molecular weight excluding hydrogens is 197 g/mol. The second-order valence-electron chi connectivity index (χ2n) is 2.35. The van der Waals surface area contributed by atoms with Crippen LogP contribution < -0.4 is 5.32 Å². The second kappa shape index (κ2) is 4.09. The highest BCUT2D eigenvalue weighted by molar-refractivity contribution is 6.32. The summed E-state index contributed by atoms with van der Waals surface area (Å²) in [6, 6.07) is 4.12. The first kappa shape index (κ1) is 9.80. The number of phenols is 1. The van der Waals surface area contributed by atoms with E-state index in [1.165, 1.54) is 18.2 Å². The summed E-state index contributed by atoms with van der Waals surface area (Å²) in [6.45, 7) is -1.09. The number of phenolic OH excluding ortho intramolecular Hbond substituents is 1. The Balaban J connectivity index is 2.79. The molecule has 3 nitrogen and oxygen atoms in total. The fourth-order valence-electron chi connectivity index (χ4n) is 0.785. The smallest absolute Gasteiger partial charge is 0.255 e. The van der Waals surface area contributed by atoms with E-state index in [1.54, 1.807) is 0 Å². The lowest BCUT2D eigenvalue weighted by Crippen LogP contribution is -2.12. The van der Waals surface area contributed by atoms with E-state index in [2.05, 4.69) is 5.32 Å². The molecule has 1 rings (SSSR count). The molecule has 13 heavy (non-hydrogen) atoms. The molecule has 2 N–H and O–H groups in total. The van der Waals surface area contributed by atoms with Crippen LogP contribution >= 0.6 is 11.6 Å². The van der Waals surface area contributed by atoms with Gasteiger partial charge in [0.1, 0.15) is 5.75 Å². The number of rotatable bonds is 2. The number of hydrogen-bond donors (Lipinski definition) is 2. The summed E-state index contributed by atoms with van der Waals surface area (Å²) in [4.78, 5) is 10.6. The fraction of sp³-hybridized carbons (Fsp3) is 0.125. The molecule has 0 atom stereocenters. The van der Waals surface area contributed by atoms with Crippen molar-refractivity contribution in [3.05, 3.63) is 23.2 Å². The van der Waals surface area contributed by atoms with Gasteiger partial charge in [0.25, 0.3) is 5.91 Å². The van der Waals surface area contributed by atoms with Crippen molar-refractivity contribution in [1.29, 1.82) is 0 Å². The Labute approximate surface area is 79.1 Å². The predicted octanol–water partition coefficient (Wildman–Crippen LogP) is 1.95. The van der Waals surface area contributed by atoms with E-state index in [-0.39, 0.29) is 10.8 Å². The maximum absolute atomic E-state index is 11.8. The zero-order valence-electron chi connectivity index (χ0n) is 6.55. The maximum Gasteiger partial charge on any atom is 0.255 e. The molecule has 0 aliphatic heterocycles. The van der Waals surface area contributed by atoms with Crippen LogP contribution in [-0.2, 0) is 4.79 Å². The number of aromatic hydroxyl groups is 1. The van der Waals surface area contributed by atoms with E-state index < -0.39 is 12.6 Å². The third-order valence-electron chi connectivity index (χ3n) is 1.35. The Kier molecular flexibility index (Phi) is 3.08. The van der Waals surface area contributed by atoms with Gasteiger partial charge in [0.15, 0.2) is 6.67 Å². The van der Waals surface area contributed by atoms with Gasteiger partial charge in [-0.25, -0.2) is 4.39 Å². The summed E-state index contributed by atoms with van der Waals surface area (Å²) in [6.07, 6.45) is 0. The van der Waals surface area contributed by atoms with Crippen molar-refractivity contribution >= 4 is 23.2 Å². The topological polar surface area (TPSA) is 49.3 Å². The van der Waals surface area contributed by atoms with Crippen LogP contribution in [0.5, 0.6) is 5.75 Å². The molecule has 0 bridgehead atoms. The molecule has 1 amide bonds. The van der Waals surface area contributed by atoms with Crippen molar-refractivity contribution in [3.8, 4) is 5.75 Å². The SMILES string of the molecule is O=C(CF)Nc1ccc(Cl)c(O)c1. The third kappa shape index (κ3) is 2.59. The third-order valence-corrected chi connectivity index (χ3v) is 1.67. The average molecular weight is 204 g/mol. The van der Waals surface area contributed by atoms with Gasteiger partial charge in [-0.1, -0.05) is 11.6 Å². The van der Waals surface area contributed by atoms with Crippen molar-refractivity contribution in [2.24, 2.45) is 0 Å². The van der Waals surface area contributed by atoms with Crippen LogP contribution in [0, 0.1) is 0 Å². The Bertz CT molecular complexity index is 330. The predicted molar refractivity (Wildman–Crippen MR) is 47.7 cm³/mol. The van der Waals surface area contributed by atoms with Gasteiger partial charge in [-0.05, 0) is 12.1 Å². The van der Waals surface area contributed by atoms with E-state index in [0.29, 0.717) is 5.69 Å². The van der Waals surface area contributed by atoms with Gasteiger partial charge in [0.2, 0.25) is 0 Å². The molecule has 0 aliphatic rings. The maximum atomic E-state index is 11.8. The zero-order valence-corrected chi connectivity index (χ0v) is 7.31. The quantitative estimate of drug-likeness (QED) is 0.772. The minimum atomic E-state index is -1.09. The number of nitrogens with one attached hydrogen (secondary N) is 1. The molecule has 1 aromatic rings. The van der Waals surface area contributed by atoms with E-state index >= 15 is 0 Å². The normalized spacial score (nSPS) is 9.69. The number of halogens is 2. The average Bonchev–Trinajstić information content (AvgIpc) is 2.11. The van der Waals surface area contributed by atoms with Crippen molar-refractivity contribution < 1.29 is 14.3 Å². The molecule has 1 aromatic carbocycles. The van der Waals surface area contributed by atoms with Crippen LogP contribution in [0.3, 0.4) is 0 Å². The first-order valence-electron chi connectivity index (χ1n) is 3.48. The van der Waals surface area contributed by atoms with Gasteiger partial charge in [-0.2, -0.15) is 0 Å². The number of alkyl halides is 1. The van der Waals surface area contributed by atoms with Crippen molar-refractivity contribution in [2.45, 2.75) is 0 Å². The minimum Gasteiger partial charge on any atom is -0.506 e. The molecule has 0 aliphatic carbocycles. The Morgan fingerprint density at radius 2 is 2.31 bits per heavy atom. The molecule has 0 aromatic heterocycles. The molecule has 0 spiro atoms. The van der Waals surface area contributed by atoms with E-state index in [9.17, 15) is 9.18 Å². The standard InChI is InChI=1S/C8H7ClFNO2/c9-6-2-1-5(3-7(6)12)11-8(13)4-10/h1-3,12H,4H2,(H,11,13). The largest absolute Gasteiger partial charge is 0.506 e. The monoisotopic (exact) mass is 203 g/mol. The van der Waals surface area contributed by atoms with Crippen LogP contribution in [0.15, 0.2) is 18.2 Å². The van der Waals surface area contributed by atoms with E-state index in [1.807, 2.05) is 0 Å². The van der Waals surface area contributed by atoms with Crippen LogP contribution in [0.4, 0.5) is 10.1 Å².